The van der Waals surface area contributed by atoms with Crippen molar-refractivity contribution in [2.75, 3.05) is 18.5 Å². The van der Waals surface area contributed by atoms with Gasteiger partial charge >= 0.3 is 6.09 Å². The number of imidazole rings is 1. The number of fused-ring (bicyclic) bond motifs is 1. The highest BCUT2D eigenvalue weighted by Crippen LogP contribution is 2.23. The minimum absolute atomic E-state index is 0.0256. The van der Waals surface area contributed by atoms with E-state index in [1.54, 1.807) is 18.2 Å². The van der Waals surface area contributed by atoms with Crippen LogP contribution in [0.15, 0.2) is 22.7 Å². The molecule has 5 nitrogen and oxygen atoms in total. The van der Waals surface area contributed by atoms with Gasteiger partial charge in [-0.3, -0.25) is 0 Å². The van der Waals surface area contributed by atoms with Crippen LogP contribution in [0.25, 0.3) is 11.0 Å². The van der Waals surface area contributed by atoms with Gasteiger partial charge in [-0.25, -0.2) is 18.7 Å². The maximum absolute atomic E-state index is 12.1. The van der Waals surface area contributed by atoms with E-state index in [1.807, 2.05) is 0 Å². The van der Waals surface area contributed by atoms with E-state index in [-0.39, 0.29) is 12.5 Å². The normalized spacial score (nSPS) is 10.7. The maximum atomic E-state index is 12.1. The predicted molar refractivity (Wildman–Crippen MR) is 65.3 cm³/mol. The smallest absolute Gasteiger partial charge is 0.418 e. The average molecular weight is 302 g/mol. The summed E-state index contributed by atoms with van der Waals surface area (Å²) >= 11 is 3.28. The topological polar surface area (TPSA) is 67.2 Å². The fourth-order valence-corrected chi connectivity index (χ4v) is 1.87. The summed E-state index contributed by atoms with van der Waals surface area (Å²) in [6.45, 7) is -0.565. The largest absolute Gasteiger partial charge is 0.464 e. The molecule has 0 saturated carbocycles. The first kappa shape index (κ1) is 11.8. The summed E-state index contributed by atoms with van der Waals surface area (Å²) in [7, 11) is 0. The van der Waals surface area contributed by atoms with Crippen LogP contribution in [0.1, 0.15) is 0 Å². The van der Waals surface area contributed by atoms with Crippen LogP contribution >= 0.6 is 15.9 Å². The summed E-state index contributed by atoms with van der Waals surface area (Å²) in [6, 6.07) is 5.07. The first-order valence-corrected chi connectivity index (χ1v) is 5.64. The van der Waals surface area contributed by atoms with Gasteiger partial charge in [0.15, 0.2) is 0 Å². The Kier molecular flexibility index (Phi) is 3.28. The maximum Gasteiger partial charge on any atom is 0.418 e. The molecule has 0 bridgehead atoms. The van der Waals surface area contributed by atoms with Gasteiger partial charge in [0.05, 0.1) is 11.0 Å². The zero-order valence-corrected chi connectivity index (χ0v) is 10.2. The van der Waals surface area contributed by atoms with Crippen LogP contribution in [-0.2, 0) is 0 Å². The van der Waals surface area contributed by atoms with E-state index >= 15 is 0 Å². The average Bonchev–Trinajstić information content (AvgIpc) is 2.63. The number of carbonyl (C=O) groups is 1. The third-order valence-electron chi connectivity index (χ3n) is 2.19. The minimum Gasteiger partial charge on any atom is -0.464 e. The Morgan fingerprint density at radius 3 is 3.00 bits per heavy atom. The van der Waals surface area contributed by atoms with Crippen molar-refractivity contribution in [2.45, 2.75) is 0 Å². The lowest BCUT2D eigenvalue weighted by Gasteiger charge is -2.03. The minimum atomic E-state index is -1.16. The quantitative estimate of drug-likeness (QED) is 0.915. The summed E-state index contributed by atoms with van der Waals surface area (Å²) in [4.78, 5) is 15.2. The molecule has 2 N–H and O–H groups in total. The lowest BCUT2D eigenvalue weighted by Crippen LogP contribution is -2.14. The van der Waals surface area contributed by atoms with E-state index in [9.17, 15) is 9.18 Å². The number of halogens is 2. The number of anilines is 1. The molecule has 2 rings (SSSR count). The van der Waals surface area contributed by atoms with E-state index in [1.165, 1.54) is 0 Å². The molecular weight excluding hydrogens is 293 g/mol. The van der Waals surface area contributed by atoms with Gasteiger partial charge in [-0.1, -0.05) is 15.9 Å². The zero-order valence-electron chi connectivity index (χ0n) is 8.65. The molecule has 0 radical (unpaired) electrons. The van der Waals surface area contributed by atoms with E-state index in [4.69, 9.17) is 5.11 Å². The Morgan fingerprint density at radius 1 is 1.59 bits per heavy atom. The number of hydrogen-bond donors (Lipinski definition) is 2. The van der Waals surface area contributed by atoms with Gasteiger partial charge in [0.25, 0.3) is 0 Å². The Balaban J connectivity index is 2.57. The summed E-state index contributed by atoms with van der Waals surface area (Å²) in [5, 5.41) is 11.7. The monoisotopic (exact) mass is 301 g/mol. The van der Waals surface area contributed by atoms with Crippen molar-refractivity contribution in [3.8, 4) is 0 Å². The first-order chi connectivity index (χ1) is 8.13. The van der Waals surface area contributed by atoms with Gasteiger partial charge in [0.1, 0.15) is 6.67 Å². The highest BCUT2D eigenvalue weighted by Gasteiger charge is 2.15. The van der Waals surface area contributed by atoms with Crippen molar-refractivity contribution in [3.05, 3.63) is 22.7 Å². The molecule has 0 fully saturated rings. The second kappa shape index (κ2) is 4.70. The first-order valence-electron chi connectivity index (χ1n) is 4.84. The Morgan fingerprint density at radius 2 is 2.35 bits per heavy atom. The molecule has 7 heteroatoms. The van der Waals surface area contributed by atoms with Gasteiger partial charge < -0.3 is 10.4 Å². The van der Waals surface area contributed by atoms with Gasteiger partial charge in [-0.15, -0.1) is 0 Å². The van der Waals surface area contributed by atoms with Crippen molar-refractivity contribution in [1.82, 2.24) is 9.55 Å². The Bertz CT molecular complexity index is 570. The van der Waals surface area contributed by atoms with E-state index in [2.05, 4.69) is 26.2 Å². The fourth-order valence-electron chi connectivity index (χ4n) is 1.52. The second-order valence-electron chi connectivity index (χ2n) is 3.30. The highest BCUT2D eigenvalue weighted by molar-refractivity contribution is 9.10. The Labute approximate surface area is 104 Å². The molecule has 1 heterocycles. The lowest BCUT2D eigenvalue weighted by atomic mass is 10.3. The number of aromatic nitrogens is 2. The van der Waals surface area contributed by atoms with Gasteiger partial charge in [0, 0.05) is 11.0 Å². The summed E-state index contributed by atoms with van der Waals surface area (Å²) in [6.07, 6.45) is -1.16. The molecule has 0 amide bonds. The third kappa shape index (κ3) is 2.23. The summed E-state index contributed by atoms with van der Waals surface area (Å²) in [5.41, 5.74) is 0.991. The molecule has 0 spiro atoms. The number of nitrogens with one attached hydrogen (secondary N) is 1. The van der Waals surface area contributed by atoms with E-state index < -0.39 is 12.8 Å². The molecular formula is C10H9BrFN3O2. The van der Waals surface area contributed by atoms with Crippen molar-refractivity contribution in [2.24, 2.45) is 0 Å². The van der Waals surface area contributed by atoms with Gasteiger partial charge in [-0.2, -0.15) is 0 Å². The van der Waals surface area contributed by atoms with Crippen LogP contribution < -0.4 is 5.32 Å². The van der Waals surface area contributed by atoms with E-state index in [0.29, 0.717) is 11.0 Å². The van der Waals surface area contributed by atoms with Crippen molar-refractivity contribution in [3.63, 3.8) is 0 Å². The van der Waals surface area contributed by atoms with Crippen LogP contribution in [0.5, 0.6) is 0 Å². The molecule has 1 aromatic carbocycles. The van der Waals surface area contributed by atoms with E-state index in [0.717, 1.165) is 9.04 Å². The SMILES string of the molecule is O=C(O)n1c(NCCF)nc2cc(Br)ccc21. The van der Waals surface area contributed by atoms with Crippen LogP contribution in [-0.4, -0.2) is 34.0 Å². The van der Waals surface area contributed by atoms with Crippen molar-refractivity contribution < 1.29 is 14.3 Å². The number of alkyl halides is 1. The summed E-state index contributed by atoms with van der Waals surface area (Å²) in [5.74, 6) is 0.128. The fraction of sp³-hybridized carbons (Fsp3) is 0.200. The van der Waals surface area contributed by atoms with Crippen LogP contribution in [0, 0.1) is 0 Å². The van der Waals surface area contributed by atoms with Gasteiger partial charge in [0.2, 0.25) is 5.95 Å². The van der Waals surface area contributed by atoms with Crippen LogP contribution in [0.3, 0.4) is 0 Å². The second-order valence-corrected chi connectivity index (χ2v) is 4.22. The zero-order chi connectivity index (χ0) is 12.4. The molecule has 1 aromatic heterocycles. The summed E-state index contributed by atoms with van der Waals surface area (Å²) < 4.78 is 13.9. The molecule has 0 atom stereocenters. The molecule has 0 aliphatic carbocycles. The standard InChI is InChI=1S/C10H9BrFN3O2/c11-6-1-2-8-7(5-6)14-9(13-4-3-12)15(8)10(16)17/h1-2,5H,3-4H2,(H,13,14)(H,16,17). The van der Waals surface area contributed by atoms with Crippen LogP contribution in [0.4, 0.5) is 15.1 Å². The molecule has 0 saturated heterocycles. The molecule has 2 aromatic rings. The van der Waals surface area contributed by atoms with Crippen LogP contribution in [0.2, 0.25) is 0 Å². The molecule has 17 heavy (non-hydrogen) atoms. The van der Waals surface area contributed by atoms with Crippen molar-refractivity contribution >= 4 is 39.0 Å². The molecule has 90 valence electrons. The lowest BCUT2D eigenvalue weighted by molar-refractivity contribution is 0.198. The number of benzene rings is 1. The molecule has 0 aliphatic rings. The number of carboxylic acid groups (broad SMARTS) is 1. The Hall–Kier alpha value is -1.63. The number of rotatable bonds is 3. The molecule has 0 unspecified atom stereocenters. The number of hydrogen-bond acceptors (Lipinski definition) is 3. The third-order valence-corrected chi connectivity index (χ3v) is 2.68. The van der Waals surface area contributed by atoms with Crippen molar-refractivity contribution in [1.29, 1.82) is 0 Å². The molecule has 0 aliphatic heterocycles. The number of nitrogens with zero attached hydrogens (tertiary/aromatic N) is 2. The highest BCUT2D eigenvalue weighted by atomic mass is 79.9. The van der Waals surface area contributed by atoms with Gasteiger partial charge in [-0.05, 0) is 18.2 Å². The predicted octanol–water partition coefficient (Wildman–Crippen LogP) is 2.71.